The monoisotopic (exact) mass is 356 g/mol. The predicted octanol–water partition coefficient (Wildman–Crippen LogP) is 4.22. The molecule has 0 unspecified atom stereocenters. The molecule has 0 bridgehead atoms. The Kier molecular flexibility index (Phi) is 5.58. The van der Waals surface area contributed by atoms with Crippen molar-refractivity contribution in [2.75, 3.05) is 14.2 Å². The van der Waals surface area contributed by atoms with Gasteiger partial charge in [-0.1, -0.05) is 23.2 Å². The average molecular weight is 357 g/mol. The molecule has 0 fully saturated rings. The molecule has 0 aliphatic carbocycles. The van der Waals surface area contributed by atoms with E-state index in [-0.39, 0.29) is 28.0 Å². The minimum absolute atomic E-state index is 0.0551. The number of hydrogen-bond acceptors (Lipinski definition) is 5. The van der Waals surface area contributed by atoms with Gasteiger partial charge in [0.25, 0.3) is 0 Å². The van der Waals surface area contributed by atoms with E-state index < -0.39 is 5.97 Å². The molecule has 0 aromatic heterocycles. The highest BCUT2D eigenvalue weighted by Crippen LogP contribution is 2.39. The van der Waals surface area contributed by atoms with Crippen LogP contribution in [-0.4, -0.2) is 25.3 Å². The highest BCUT2D eigenvalue weighted by Gasteiger charge is 2.14. The largest absolute Gasteiger partial charge is 0.504 e. The van der Waals surface area contributed by atoms with Gasteiger partial charge in [-0.25, -0.2) is 0 Å². The van der Waals surface area contributed by atoms with E-state index in [1.54, 1.807) is 24.3 Å². The van der Waals surface area contributed by atoms with E-state index in [9.17, 15) is 9.90 Å². The normalized spacial score (nSPS) is 10.3. The van der Waals surface area contributed by atoms with Crippen molar-refractivity contribution in [1.29, 1.82) is 0 Å². The Morgan fingerprint density at radius 3 is 2.30 bits per heavy atom. The third-order valence-corrected chi connectivity index (χ3v) is 3.57. The van der Waals surface area contributed by atoms with Crippen LogP contribution in [0.25, 0.3) is 0 Å². The molecule has 7 heteroatoms. The first-order valence-corrected chi connectivity index (χ1v) is 7.29. The molecule has 1 N–H and O–H groups in total. The van der Waals surface area contributed by atoms with Crippen LogP contribution in [0.5, 0.6) is 23.0 Å². The number of phenols is 1. The lowest BCUT2D eigenvalue weighted by Gasteiger charge is -2.12. The smallest absolute Gasteiger partial charge is 0.309 e. The number of benzene rings is 2. The first-order valence-electron chi connectivity index (χ1n) is 6.54. The van der Waals surface area contributed by atoms with Crippen molar-refractivity contribution >= 4 is 29.2 Å². The van der Waals surface area contributed by atoms with Crippen LogP contribution in [0, 0.1) is 0 Å². The van der Waals surface area contributed by atoms with Crippen LogP contribution in [0.3, 0.4) is 0 Å². The number of carbonyl (C=O) groups is 1. The summed E-state index contributed by atoms with van der Waals surface area (Å²) in [5.74, 6) is 0.424. The number of rotatable bonds is 5. The second-order valence-electron chi connectivity index (χ2n) is 4.58. The van der Waals surface area contributed by atoms with Crippen LogP contribution in [0.2, 0.25) is 10.0 Å². The summed E-state index contributed by atoms with van der Waals surface area (Å²) in [6.07, 6.45) is 0.0551. The predicted molar refractivity (Wildman–Crippen MR) is 86.9 cm³/mol. The maximum atomic E-state index is 11.3. The summed E-state index contributed by atoms with van der Waals surface area (Å²) in [6.45, 7) is 0. The Bertz CT molecular complexity index is 707. The number of halogens is 2. The van der Waals surface area contributed by atoms with Gasteiger partial charge in [-0.05, 0) is 29.8 Å². The zero-order valence-electron chi connectivity index (χ0n) is 12.4. The molecule has 2 aromatic carbocycles. The Balaban J connectivity index is 2.26. The Morgan fingerprint density at radius 2 is 1.78 bits per heavy atom. The van der Waals surface area contributed by atoms with Gasteiger partial charge in [0.15, 0.2) is 17.2 Å². The molecule has 0 spiro atoms. The molecule has 0 saturated heterocycles. The lowest BCUT2D eigenvalue weighted by Crippen LogP contribution is -2.04. The van der Waals surface area contributed by atoms with E-state index in [4.69, 9.17) is 32.7 Å². The van der Waals surface area contributed by atoms with Crippen molar-refractivity contribution < 1.29 is 24.1 Å². The van der Waals surface area contributed by atoms with Crippen LogP contribution in [-0.2, 0) is 16.0 Å². The molecule has 2 aromatic rings. The molecule has 0 saturated carbocycles. The summed E-state index contributed by atoms with van der Waals surface area (Å²) in [5, 5.41) is 10.2. The minimum atomic E-state index is -0.397. The number of aromatic hydroxyl groups is 1. The van der Waals surface area contributed by atoms with Crippen molar-refractivity contribution in [3.63, 3.8) is 0 Å². The van der Waals surface area contributed by atoms with E-state index in [1.807, 2.05) is 0 Å². The zero-order valence-corrected chi connectivity index (χ0v) is 13.9. The molecule has 0 atom stereocenters. The zero-order chi connectivity index (χ0) is 17.0. The first-order chi connectivity index (χ1) is 10.9. The quantitative estimate of drug-likeness (QED) is 0.812. The number of carbonyl (C=O) groups excluding carboxylic acids is 1. The molecule has 0 radical (unpaired) electrons. The highest BCUT2D eigenvalue weighted by molar-refractivity contribution is 6.37. The van der Waals surface area contributed by atoms with Crippen molar-refractivity contribution in [2.45, 2.75) is 6.42 Å². The number of phenolic OH excluding ortho intramolecular Hbond substituents is 1. The van der Waals surface area contributed by atoms with Crippen LogP contribution in [0.1, 0.15) is 5.56 Å². The topological polar surface area (TPSA) is 65.0 Å². The fraction of sp³-hybridized carbons (Fsp3) is 0.188. The van der Waals surface area contributed by atoms with Crippen molar-refractivity contribution in [3.05, 3.63) is 45.9 Å². The second-order valence-corrected chi connectivity index (χ2v) is 5.39. The molecule has 5 nitrogen and oxygen atoms in total. The molecular weight excluding hydrogens is 343 g/mol. The lowest BCUT2D eigenvalue weighted by atomic mass is 10.1. The van der Waals surface area contributed by atoms with E-state index in [0.717, 1.165) is 0 Å². The van der Waals surface area contributed by atoms with E-state index in [2.05, 4.69) is 4.74 Å². The van der Waals surface area contributed by atoms with Crippen LogP contribution >= 0.6 is 23.2 Å². The van der Waals surface area contributed by atoms with Crippen LogP contribution in [0.15, 0.2) is 30.3 Å². The van der Waals surface area contributed by atoms with Gasteiger partial charge in [-0.3, -0.25) is 4.79 Å². The summed E-state index contributed by atoms with van der Waals surface area (Å²) in [4.78, 5) is 11.3. The fourth-order valence-corrected chi connectivity index (χ4v) is 2.51. The SMILES string of the molecule is COC(=O)Cc1cc(Cl)c(Oc2ccc(OC)c(O)c2)c(Cl)c1. The maximum Gasteiger partial charge on any atom is 0.309 e. The van der Waals surface area contributed by atoms with Gasteiger partial charge in [0.2, 0.25) is 0 Å². The van der Waals surface area contributed by atoms with Gasteiger partial charge < -0.3 is 19.3 Å². The van der Waals surface area contributed by atoms with Gasteiger partial charge >= 0.3 is 5.97 Å². The Morgan fingerprint density at radius 1 is 1.13 bits per heavy atom. The van der Waals surface area contributed by atoms with Crippen molar-refractivity contribution in [2.24, 2.45) is 0 Å². The summed E-state index contributed by atoms with van der Waals surface area (Å²) in [7, 11) is 2.75. The molecule has 0 amide bonds. The van der Waals surface area contributed by atoms with E-state index >= 15 is 0 Å². The van der Waals surface area contributed by atoms with E-state index in [0.29, 0.717) is 17.1 Å². The molecular formula is C16H14Cl2O5. The molecule has 122 valence electrons. The van der Waals surface area contributed by atoms with Gasteiger partial charge in [-0.15, -0.1) is 0 Å². The van der Waals surface area contributed by atoms with Gasteiger partial charge in [0.05, 0.1) is 30.7 Å². The maximum absolute atomic E-state index is 11.3. The van der Waals surface area contributed by atoms with E-state index in [1.165, 1.54) is 20.3 Å². The molecule has 0 aliphatic rings. The summed E-state index contributed by atoms with van der Waals surface area (Å²) in [6, 6.07) is 7.69. The summed E-state index contributed by atoms with van der Waals surface area (Å²) < 4.78 is 15.2. The second kappa shape index (κ2) is 7.44. The molecule has 0 aliphatic heterocycles. The fourth-order valence-electron chi connectivity index (χ4n) is 1.90. The number of esters is 1. The molecule has 23 heavy (non-hydrogen) atoms. The third-order valence-electron chi connectivity index (χ3n) is 3.00. The third kappa shape index (κ3) is 4.21. The standard InChI is InChI=1S/C16H14Cl2O5/c1-21-14-4-3-10(8-13(14)19)23-16-11(17)5-9(6-12(16)18)7-15(20)22-2/h3-6,8,19H,7H2,1-2H3. The van der Waals surface area contributed by atoms with Gasteiger partial charge in [-0.2, -0.15) is 0 Å². The van der Waals surface area contributed by atoms with Crippen molar-refractivity contribution in [1.82, 2.24) is 0 Å². The number of ether oxygens (including phenoxy) is 3. The highest BCUT2D eigenvalue weighted by atomic mass is 35.5. The Hall–Kier alpha value is -2.11. The van der Waals surface area contributed by atoms with Gasteiger partial charge in [0, 0.05) is 6.07 Å². The summed E-state index contributed by atoms with van der Waals surface area (Å²) in [5.41, 5.74) is 0.608. The molecule has 2 rings (SSSR count). The number of methoxy groups -OCH3 is 2. The average Bonchev–Trinajstić information content (AvgIpc) is 2.51. The van der Waals surface area contributed by atoms with Gasteiger partial charge in [0.1, 0.15) is 5.75 Å². The molecule has 0 heterocycles. The van der Waals surface area contributed by atoms with Crippen LogP contribution < -0.4 is 9.47 Å². The first kappa shape index (κ1) is 17.2. The minimum Gasteiger partial charge on any atom is -0.504 e. The summed E-state index contributed by atoms with van der Waals surface area (Å²) >= 11 is 12.3. The number of hydrogen-bond donors (Lipinski definition) is 1. The Labute approximate surface area is 143 Å². The van der Waals surface area contributed by atoms with Crippen LogP contribution in [0.4, 0.5) is 0 Å². The lowest BCUT2D eigenvalue weighted by molar-refractivity contribution is -0.139. The van der Waals surface area contributed by atoms with Crippen molar-refractivity contribution in [3.8, 4) is 23.0 Å².